The molecule has 0 atom stereocenters. The number of nitrogens with one attached hydrogen (secondary N) is 1. The largest absolute Gasteiger partial charge is 0.297 e. The molecule has 0 aromatic rings. The van der Waals surface area contributed by atoms with E-state index in [2.05, 4.69) is 23.5 Å². The first-order chi connectivity index (χ1) is 4.93. The summed E-state index contributed by atoms with van der Waals surface area (Å²) < 4.78 is 0. The van der Waals surface area contributed by atoms with E-state index in [4.69, 9.17) is 0 Å². The molecule has 0 saturated carbocycles. The molecule has 1 aliphatic heterocycles. The highest BCUT2D eigenvalue weighted by Crippen LogP contribution is 2.10. The van der Waals surface area contributed by atoms with Gasteiger partial charge in [-0.15, -0.1) is 0 Å². The van der Waals surface area contributed by atoms with E-state index >= 15 is 0 Å². The van der Waals surface area contributed by atoms with Crippen molar-refractivity contribution in [3.63, 3.8) is 0 Å². The van der Waals surface area contributed by atoms with E-state index in [0.29, 0.717) is 0 Å². The molecule has 1 aliphatic rings. The van der Waals surface area contributed by atoms with Gasteiger partial charge < -0.3 is 0 Å². The SMILES string of the molecule is CCCC[C]1C=CC=NN1. The minimum atomic E-state index is 1.12. The van der Waals surface area contributed by atoms with Gasteiger partial charge >= 0.3 is 0 Å². The summed E-state index contributed by atoms with van der Waals surface area (Å²) in [4.78, 5) is 0. The lowest BCUT2D eigenvalue weighted by Gasteiger charge is -2.11. The summed E-state index contributed by atoms with van der Waals surface area (Å²) in [5.41, 5.74) is 2.95. The van der Waals surface area contributed by atoms with Gasteiger partial charge in [-0.1, -0.05) is 25.8 Å². The van der Waals surface area contributed by atoms with Gasteiger partial charge in [0.25, 0.3) is 0 Å². The Morgan fingerprint density at radius 3 is 3.10 bits per heavy atom. The highest BCUT2D eigenvalue weighted by molar-refractivity contribution is 5.72. The quantitative estimate of drug-likeness (QED) is 0.630. The molecule has 0 amide bonds. The molecule has 0 fully saturated rings. The fourth-order valence-corrected chi connectivity index (χ4v) is 0.866. The van der Waals surface area contributed by atoms with E-state index in [9.17, 15) is 0 Å². The number of hydrogen-bond acceptors (Lipinski definition) is 2. The van der Waals surface area contributed by atoms with Crippen LogP contribution < -0.4 is 5.43 Å². The van der Waals surface area contributed by atoms with Crippen molar-refractivity contribution in [2.45, 2.75) is 26.2 Å². The van der Waals surface area contributed by atoms with Crippen molar-refractivity contribution in [3.8, 4) is 0 Å². The third-order valence-electron chi connectivity index (χ3n) is 1.47. The monoisotopic (exact) mass is 137 g/mol. The summed E-state index contributed by atoms with van der Waals surface area (Å²) >= 11 is 0. The van der Waals surface area contributed by atoms with Crippen molar-refractivity contribution in [1.29, 1.82) is 0 Å². The first-order valence-electron chi connectivity index (χ1n) is 3.75. The second kappa shape index (κ2) is 4.09. The van der Waals surface area contributed by atoms with Gasteiger partial charge in [0.2, 0.25) is 0 Å². The van der Waals surface area contributed by atoms with Crippen LogP contribution in [0.3, 0.4) is 0 Å². The lowest BCUT2D eigenvalue weighted by molar-refractivity contribution is 0.658. The van der Waals surface area contributed by atoms with E-state index in [0.717, 1.165) is 6.42 Å². The van der Waals surface area contributed by atoms with Crippen molar-refractivity contribution in [2.75, 3.05) is 0 Å². The van der Waals surface area contributed by atoms with Crippen molar-refractivity contribution in [3.05, 3.63) is 18.2 Å². The summed E-state index contributed by atoms with van der Waals surface area (Å²) in [6.07, 6.45) is 9.38. The van der Waals surface area contributed by atoms with E-state index in [-0.39, 0.29) is 0 Å². The van der Waals surface area contributed by atoms with Gasteiger partial charge in [0.05, 0.1) is 0 Å². The maximum Gasteiger partial charge on any atom is 0.101 e. The van der Waals surface area contributed by atoms with Crippen molar-refractivity contribution < 1.29 is 0 Å². The molecule has 0 aromatic heterocycles. The summed E-state index contributed by atoms with van der Waals surface area (Å²) in [5, 5.41) is 3.91. The zero-order chi connectivity index (χ0) is 7.23. The van der Waals surface area contributed by atoms with Crippen molar-refractivity contribution >= 4 is 6.21 Å². The molecule has 55 valence electrons. The van der Waals surface area contributed by atoms with Crippen LogP contribution in [0, 0.1) is 6.04 Å². The molecular formula is C8H13N2. The number of rotatable bonds is 3. The Kier molecular flexibility index (Phi) is 3.00. The minimum absolute atomic E-state index is 1.12. The van der Waals surface area contributed by atoms with Gasteiger partial charge in [-0.2, -0.15) is 5.10 Å². The molecular weight excluding hydrogens is 124 g/mol. The second-order valence-corrected chi connectivity index (χ2v) is 2.38. The summed E-state index contributed by atoms with van der Waals surface area (Å²) in [6.45, 7) is 2.19. The van der Waals surface area contributed by atoms with Crippen LogP contribution in [-0.2, 0) is 0 Å². The molecule has 10 heavy (non-hydrogen) atoms. The van der Waals surface area contributed by atoms with Gasteiger partial charge in [0.1, 0.15) is 6.04 Å². The van der Waals surface area contributed by atoms with E-state index in [1.807, 2.05) is 6.08 Å². The molecule has 1 N–H and O–H groups in total. The van der Waals surface area contributed by atoms with Gasteiger partial charge in [-0.3, -0.25) is 5.43 Å². The third kappa shape index (κ3) is 2.21. The minimum Gasteiger partial charge on any atom is -0.297 e. The maximum atomic E-state index is 3.91. The Morgan fingerprint density at radius 1 is 1.60 bits per heavy atom. The molecule has 1 rings (SSSR count). The number of nitrogens with zero attached hydrogens (tertiary/aromatic N) is 1. The van der Waals surface area contributed by atoms with Crippen LogP contribution >= 0.6 is 0 Å². The number of hydrazone groups is 1. The van der Waals surface area contributed by atoms with Crippen LogP contribution in [0.1, 0.15) is 26.2 Å². The summed E-state index contributed by atoms with van der Waals surface area (Å²) in [7, 11) is 0. The molecule has 0 aromatic carbocycles. The Morgan fingerprint density at radius 2 is 2.50 bits per heavy atom. The van der Waals surface area contributed by atoms with Gasteiger partial charge in [-0.25, -0.2) is 0 Å². The average Bonchev–Trinajstić information content (AvgIpc) is 2.03. The van der Waals surface area contributed by atoms with E-state index < -0.39 is 0 Å². The Bertz CT molecular complexity index is 138. The zero-order valence-electron chi connectivity index (χ0n) is 6.30. The highest BCUT2D eigenvalue weighted by atomic mass is 15.3. The van der Waals surface area contributed by atoms with Crippen molar-refractivity contribution in [1.82, 2.24) is 5.43 Å². The second-order valence-electron chi connectivity index (χ2n) is 2.38. The zero-order valence-corrected chi connectivity index (χ0v) is 6.30. The highest BCUT2D eigenvalue weighted by Gasteiger charge is 2.03. The Balaban J connectivity index is 2.17. The molecule has 0 saturated heterocycles. The van der Waals surface area contributed by atoms with Crippen LogP contribution in [0.15, 0.2) is 17.3 Å². The molecule has 0 aliphatic carbocycles. The van der Waals surface area contributed by atoms with Crippen LogP contribution in [0.25, 0.3) is 0 Å². The molecule has 1 heterocycles. The number of allylic oxidation sites excluding steroid dienone is 1. The third-order valence-corrected chi connectivity index (χ3v) is 1.47. The molecule has 2 nitrogen and oxygen atoms in total. The first kappa shape index (κ1) is 7.32. The first-order valence-corrected chi connectivity index (χ1v) is 3.75. The van der Waals surface area contributed by atoms with Gasteiger partial charge in [0.15, 0.2) is 0 Å². The smallest absolute Gasteiger partial charge is 0.101 e. The number of unbranched alkanes of at least 4 members (excludes halogenated alkanes) is 1. The van der Waals surface area contributed by atoms with Crippen molar-refractivity contribution in [2.24, 2.45) is 5.10 Å². The van der Waals surface area contributed by atoms with Crippen LogP contribution in [0.2, 0.25) is 0 Å². The topological polar surface area (TPSA) is 24.4 Å². The van der Waals surface area contributed by atoms with E-state index in [1.165, 1.54) is 18.9 Å². The van der Waals surface area contributed by atoms with Crippen LogP contribution in [0.4, 0.5) is 0 Å². The standard InChI is InChI=1S/C8H13N2/c1-2-3-5-8-6-4-7-9-10-8/h4,6-7,10H,2-3,5H2,1H3. The Hall–Kier alpha value is -0.790. The fourth-order valence-electron chi connectivity index (χ4n) is 0.866. The number of hydrogen-bond donors (Lipinski definition) is 1. The molecule has 2 heteroatoms. The fraction of sp³-hybridized carbons (Fsp3) is 0.500. The molecule has 0 unspecified atom stereocenters. The average molecular weight is 137 g/mol. The van der Waals surface area contributed by atoms with Gasteiger partial charge in [0, 0.05) is 6.21 Å². The normalized spacial score (nSPS) is 17.3. The van der Waals surface area contributed by atoms with Gasteiger partial charge in [-0.05, 0) is 12.5 Å². The molecule has 0 bridgehead atoms. The summed E-state index contributed by atoms with van der Waals surface area (Å²) in [6, 6.07) is 1.23. The van der Waals surface area contributed by atoms with Crippen LogP contribution in [-0.4, -0.2) is 6.21 Å². The Labute approximate surface area is 62.0 Å². The predicted molar refractivity (Wildman–Crippen MR) is 43.5 cm³/mol. The maximum absolute atomic E-state index is 3.91. The lowest BCUT2D eigenvalue weighted by Crippen LogP contribution is -2.15. The molecule has 1 radical (unpaired) electrons. The predicted octanol–water partition coefficient (Wildman–Crippen LogP) is 1.85. The molecule has 0 spiro atoms. The van der Waals surface area contributed by atoms with Crippen LogP contribution in [0.5, 0.6) is 0 Å². The summed E-state index contributed by atoms with van der Waals surface area (Å²) in [5.74, 6) is 0. The van der Waals surface area contributed by atoms with E-state index in [1.54, 1.807) is 6.21 Å². The lowest BCUT2D eigenvalue weighted by atomic mass is 10.1.